The van der Waals surface area contributed by atoms with Gasteiger partial charge in [0, 0.05) is 28.5 Å². The molecule has 1 heterocycles. The number of nitrogens with zero attached hydrogens (tertiary/aromatic N) is 1. The third-order valence-electron chi connectivity index (χ3n) is 4.39. The lowest BCUT2D eigenvalue weighted by Crippen LogP contribution is -2.49. The van der Waals surface area contributed by atoms with Crippen LogP contribution in [0.15, 0.2) is 48.5 Å². The van der Waals surface area contributed by atoms with E-state index in [1.165, 1.54) is 0 Å². The van der Waals surface area contributed by atoms with Crippen molar-refractivity contribution in [2.45, 2.75) is 32.4 Å². The predicted molar refractivity (Wildman–Crippen MR) is 102 cm³/mol. The molecular weight excluding hydrogens is 336 g/mol. The second-order valence-corrected chi connectivity index (χ2v) is 6.98. The van der Waals surface area contributed by atoms with Crippen molar-refractivity contribution in [1.82, 2.24) is 0 Å². The summed E-state index contributed by atoms with van der Waals surface area (Å²) in [5.74, 6) is -0.0387. The number of hydrogen-bond acceptors (Lipinski definition) is 3. The summed E-state index contributed by atoms with van der Waals surface area (Å²) in [6.07, 6.45) is 0.330. The fourth-order valence-corrected chi connectivity index (χ4v) is 3.35. The lowest BCUT2D eigenvalue weighted by molar-refractivity contribution is -0.115. The van der Waals surface area contributed by atoms with Crippen LogP contribution in [0.2, 0.25) is 5.02 Å². The van der Waals surface area contributed by atoms with Crippen LogP contribution in [0.25, 0.3) is 0 Å². The van der Waals surface area contributed by atoms with Crippen LogP contribution in [0.4, 0.5) is 11.4 Å². The second-order valence-electron chi connectivity index (χ2n) is 6.54. The van der Waals surface area contributed by atoms with E-state index in [4.69, 9.17) is 16.3 Å². The Labute approximate surface area is 153 Å². The van der Waals surface area contributed by atoms with Gasteiger partial charge in [-0.1, -0.05) is 23.7 Å². The molecule has 1 N–H and O–H groups in total. The van der Waals surface area contributed by atoms with Crippen molar-refractivity contribution in [3.05, 3.63) is 59.1 Å². The van der Waals surface area contributed by atoms with Crippen LogP contribution >= 0.6 is 11.6 Å². The smallest absolute Gasteiger partial charge is 0.228 e. The van der Waals surface area contributed by atoms with Crippen LogP contribution in [-0.2, 0) is 16.0 Å². The van der Waals surface area contributed by atoms with Gasteiger partial charge in [0.15, 0.2) is 0 Å². The molecule has 1 saturated heterocycles. The molecule has 2 aromatic carbocycles. The number of amides is 1. The average molecular weight is 359 g/mol. The van der Waals surface area contributed by atoms with Gasteiger partial charge in [0.1, 0.15) is 0 Å². The molecule has 4 nitrogen and oxygen atoms in total. The van der Waals surface area contributed by atoms with Gasteiger partial charge in [0.05, 0.1) is 19.6 Å². The van der Waals surface area contributed by atoms with Crippen molar-refractivity contribution in [2.24, 2.45) is 0 Å². The first-order valence-electron chi connectivity index (χ1n) is 8.53. The largest absolute Gasteiger partial charge is 0.377 e. The van der Waals surface area contributed by atoms with Crippen LogP contribution in [0, 0.1) is 0 Å². The Hall–Kier alpha value is -2.04. The Kier molecular flexibility index (Phi) is 5.61. The average Bonchev–Trinajstić information content (AvgIpc) is 2.58. The van der Waals surface area contributed by atoms with Gasteiger partial charge in [-0.3, -0.25) is 4.79 Å². The summed E-state index contributed by atoms with van der Waals surface area (Å²) in [7, 11) is 0. The molecule has 0 spiro atoms. The first kappa shape index (κ1) is 17.8. The standard InChI is InChI=1S/C20H23ClN2O2/c1-14-12-25-13-15(2)23(14)19-9-7-18(8-10-19)22-20(24)11-16-3-5-17(21)6-4-16/h3-10,14-15H,11-13H2,1-2H3,(H,22,24). The SMILES string of the molecule is CC1COCC(C)N1c1ccc(NC(=O)Cc2ccc(Cl)cc2)cc1. The van der Waals surface area contributed by atoms with Gasteiger partial charge in [-0.2, -0.15) is 0 Å². The molecular formula is C20H23ClN2O2. The van der Waals surface area contributed by atoms with E-state index < -0.39 is 0 Å². The molecule has 2 unspecified atom stereocenters. The molecule has 1 amide bonds. The summed E-state index contributed by atoms with van der Waals surface area (Å²) >= 11 is 5.86. The number of morpholine rings is 1. The normalized spacial score (nSPS) is 20.4. The van der Waals surface area contributed by atoms with E-state index in [2.05, 4.69) is 36.2 Å². The van der Waals surface area contributed by atoms with Crippen molar-refractivity contribution in [3.8, 4) is 0 Å². The number of carbonyl (C=O) groups excluding carboxylic acids is 1. The van der Waals surface area contributed by atoms with Crippen molar-refractivity contribution in [3.63, 3.8) is 0 Å². The number of rotatable bonds is 4. The second kappa shape index (κ2) is 7.89. The van der Waals surface area contributed by atoms with Gasteiger partial charge < -0.3 is 15.0 Å². The van der Waals surface area contributed by atoms with Gasteiger partial charge in [-0.25, -0.2) is 0 Å². The summed E-state index contributed by atoms with van der Waals surface area (Å²) in [4.78, 5) is 14.6. The Morgan fingerprint density at radius 1 is 1.08 bits per heavy atom. The minimum atomic E-state index is -0.0387. The van der Waals surface area contributed by atoms with Crippen molar-refractivity contribution in [1.29, 1.82) is 0 Å². The van der Waals surface area contributed by atoms with Crippen LogP contribution in [0.5, 0.6) is 0 Å². The highest BCUT2D eigenvalue weighted by molar-refractivity contribution is 6.30. The molecule has 25 heavy (non-hydrogen) atoms. The number of halogens is 1. The predicted octanol–water partition coefficient (Wildman–Crippen LogP) is 4.13. The van der Waals surface area contributed by atoms with Crippen LogP contribution < -0.4 is 10.2 Å². The number of nitrogens with one attached hydrogen (secondary N) is 1. The van der Waals surface area contributed by atoms with E-state index in [0.717, 1.165) is 30.2 Å². The summed E-state index contributed by atoms with van der Waals surface area (Å²) in [6.45, 7) is 5.81. The van der Waals surface area contributed by atoms with Gasteiger partial charge in [0.25, 0.3) is 0 Å². The van der Waals surface area contributed by atoms with E-state index in [0.29, 0.717) is 23.5 Å². The zero-order chi connectivity index (χ0) is 17.8. The topological polar surface area (TPSA) is 41.6 Å². The highest BCUT2D eigenvalue weighted by atomic mass is 35.5. The van der Waals surface area contributed by atoms with Gasteiger partial charge in [0.2, 0.25) is 5.91 Å². The van der Waals surface area contributed by atoms with Crippen molar-refractivity contribution in [2.75, 3.05) is 23.4 Å². The molecule has 1 aliphatic rings. The first-order chi connectivity index (χ1) is 12.0. The van der Waals surface area contributed by atoms with E-state index in [1.807, 2.05) is 24.3 Å². The van der Waals surface area contributed by atoms with Crippen molar-refractivity contribution < 1.29 is 9.53 Å². The summed E-state index contributed by atoms with van der Waals surface area (Å²) in [6, 6.07) is 16.0. The highest BCUT2D eigenvalue weighted by Crippen LogP contribution is 2.25. The number of ether oxygens (including phenoxy) is 1. The molecule has 1 fully saturated rings. The minimum absolute atomic E-state index is 0.0387. The number of carbonyl (C=O) groups is 1. The Balaban J connectivity index is 1.62. The molecule has 0 bridgehead atoms. The highest BCUT2D eigenvalue weighted by Gasteiger charge is 2.25. The molecule has 3 rings (SSSR count). The van der Waals surface area contributed by atoms with E-state index in [1.54, 1.807) is 12.1 Å². The lowest BCUT2D eigenvalue weighted by Gasteiger charge is -2.40. The third-order valence-corrected chi connectivity index (χ3v) is 4.65. The Morgan fingerprint density at radius 3 is 2.28 bits per heavy atom. The fourth-order valence-electron chi connectivity index (χ4n) is 3.22. The molecule has 132 valence electrons. The molecule has 0 radical (unpaired) electrons. The van der Waals surface area contributed by atoms with E-state index in [9.17, 15) is 4.79 Å². The van der Waals surface area contributed by atoms with Crippen LogP contribution in [0.3, 0.4) is 0 Å². The molecule has 0 saturated carbocycles. The lowest BCUT2D eigenvalue weighted by atomic mass is 10.1. The zero-order valence-corrected chi connectivity index (χ0v) is 15.3. The third kappa shape index (κ3) is 4.53. The molecule has 5 heteroatoms. The maximum atomic E-state index is 12.2. The number of benzene rings is 2. The molecule has 2 atom stereocenters. The monoisotopic (exact) mass is 358 g/mol. The van der Waals surface area contributed by atoms with Gasteiger partial charge in [-0.15, -0.1) is 0 Å². The summed E-state index contributed by atoms with van der Waals surface area (Å²) < 4.78 is 5.58. The quantitative estimate of drug-likeness (QED) is 0.893. The molecule has 0 aromatic heterocycles. The zero-order valence-electron chi connectivity index (χ0n) is 14.5. The minimum Gasteiger partial charge on any atom is -0.377 e. The molecule has 2 aromatic rings. The number of anilines is 2. The van der Waals surface area contributed by atoms with E-state index >= 15 is 0 Å². The van der Waals surface area contributed by atoms with Crippen LogP contribution in [-0.4, -0.2) is 31.2 Å². The summed E-state index contributed by atoms with van der Waals surface area (Å²) in [5, 5.41) is 3.61. The first-order valence-corrected chi connectivity index (χ1v) is 8.91. The molecule has 0 aliphatic carbocycles. The fraction of sp³-hybridized carbons (Fsp3) is 0.350. The van der Waals surface area contributed by atoms with Crippen molar-refractivity contribution >= 4 is 28.9 Å². The Bertz CT molecular complexity index is 705. The number of hydrogen-bond donors (Lipinski definition) is 1. The molecule has 1 aliphatic heterocycles. The Morgan fingerprint density at radius 2 is 1.68 bits per heavy atom. The van der Waals surface area contributed by atoms with Gasteiger partial charge >= 0.3 is 0 Å². The van der Waals surface area contributed by atoms with Crippen LogP contribution in [0.1, 0.15) is 19.4 Å². The maximum Gasteiger partial charge on any atom is 0.228 e. The van der Waals surface area contributed by atoms with E-state index in [-0.39, 0.29) is 5.91 Å². The summed E-state index contributed by atoms with van der Waals surface area (Å²) in [5.41, 5.74) is 2.89. The van der Waals surface area contributed by atoms with Gasteiger partial charge in [-0.05, 0) is 55.8 Å². The maximum absolute atomic E-state index is 12.2.